The molecule has 0 aliphatic carbocycles. The first kappa shape index (κ1) is 16.6. The predicted molar refractivity (Wildman–Crippen MR) is 95.2 cm³/mol. The molecule has 1 aliphatic heterocycles. The summed E-state index contributed by atoms with van der Waals surface area (Å²) in [5, 5.41) is 8.34. The summed E-state index contributed by atoms with van der Waals surface area (Å²) in [5.41, 5.74) is 2.48. The largest absolute Gasteiger partial charge is 0.497 e. The summed E-state index contributed by atoms with van der Waals surface area (Å²) in [6.45, 7) is 1.72. The van der Waals surface area contributed by atoms with Crippen molar-refractivity contribution < 1.29 is 14.3 Å². The third-order valence-electron chi connectivity index (χ3n) is 3.99. The molecule has 0 saturated carbocycles. The minimum absolute atomic E-state index is 0.267. The lowest BCUT2D eigenvalue weighted by Crippen LogP contribution is -2.45. The molecule has 0 bridgehead atoms. The molecule has 6 nitrogen and oxygen atoms in total. The molecular formula is C19H19N3O3. The van der Waals surface area contributed by atoms with Crippen molar-refractivity contribution in [3.63, 3.8) is 0 Å². The van der Waals surface area contributed by atoms with Crippen LogP contribution in [0.4, 0.5) is 10.5 Å². The Morgan fingerprint density at radius 3 is 2.40 bits per heavy atom. The number of urea groups is 1. The molecule has 3 N–H and O–H groups in total. The van der Waals surface area contributed by atoms with Gasteiger partial charge in [0.05, 0.1) is 18.7 Å². The van der Waals surface area contributed by atoms with Crippen molar-refractivity contribution in [2.24, 2.45) is 0 Å². The molecule has 2 aromatic carbocycles. The number of methoxy groups -OCH3 is 1. The maximum Gasteiger partial charge on any atom is 0.319 e. The van der Waals surface area contributed by atoms with Crippen molar-refractivity contribution in [1.82, 2.24) is 10.6 Å². The number of amides is 3. The zero-order valence-corrected chi connectivity index (χ0v) is 14.0. The lowest BCUT2D eigenvalue weighted by Gasteiger charge is -2.28. The van der Waals surface area contributed by atoms with Gasteiger partial charge in [0.2, 0.25) is 0 Å². The van der Waals surface area contributed by atoms with Gasteiger partial charge in [0.15, 0.2) is 0 Å². The highest BCUT2D eigenvalue weighted by Crippen LogP contribution is 2.28. The Kier molecular flexibility index (Phi) is 4.70. The van der Waals surface area contributed by atoms with Gasteiger partial charge in [0, 0.05) is 11.4 Å². The third-order valence-corrected chi connectivity index (χ3v) is 3.99. The number of hydrogen-bond donors (Lipinski definition) is 3. The van der Waals surface area contributed by atoms with E-state index >= 15 is 0 Å². The van der Waals surface area contributed by atoms with Crippen LogP contribution in [0.3, 0.4) is 0 Å². The minimum Gasteiger partial charge on any atom is -0.497 e. The van der Waals surface area contributed by atoms with E-state index in [2.05, 4.69) is 16.0 Å². The molecule has 1 atom stereocenters. The maximum absolute atomic E-state index is 12.8. The van der Waals surface area contributed by atoms with Crippen LogP contribution in [-0.2, 0) is 4.79 Å². The molecule has 1 unspecified atom stereocenters. The first-order valence-corrected chi connectivity index (χ1v) is 7.87. The van der Waals surface area contributed by atoms with E-state index in [1.54, 1.807) is 26.2 Å². The first-order chi connectivity index (χ1) is 12.1. The van der Waals surface area contributed by atoms with E-state index in [4.69, 9.17) is 4.74 Å². The van der Waals surface area contributed by atoms with Crippen molar-refractivity contribution >= 4 is 17.6 Å². The van der Waals surface area contributed by atoms with Crippen LogP contribution < -0.4 is 20.7 Å². The minimum atomic E-state index is -0.539. The molecule has 6 heteroatoms. The summed E-state index contributed by atoms with van der Waals surface area (Å²) >= 11 is 0. The second-order valence-electron chi connectivity index (χ2n) is 5.66. The van der Waals surface area contributed by atoms with Crippen molar-refractivity contribution in [1.29, 1.82) is 0 Å². The molecule has 3 rings (SSSR count). The van der Waals surface area contributed by atoms with Gasteiger partial charge in [-0.05, 0) is 36.8 Å². The fraction of sp³-hybridized carbons (Fsp3) is 0.158. The van der Waals surface area contributed by atoms with E-state index in [1.165, 1.54) is 0 Å². The molecular weight excluding hydrogens is 318 g/mol. The molecule has 0 spiro atoms. The van der Waals surface area contributed by atoms with Crippen LogP contribution in [0.5, 0.6) is 5.75 Å². The van der Waals surface area contributed by atoms with Crippen LogP contribution in [-0.4, -0.2) is 19.0 Å². The number of carbonyl (C=O) groups is 2. The second-order valence-corrected chi connectivity index (χ2v) is 5.66. The van der Waals surface area contributed by atoms with Gasteiger partial charge in [-0.3, -0.25) is 4.79 Å². The van der Waals surface area contributed by atoms with Gasteiger partial charge in [-0.2, -0.15) is 0 Å². The van der Waals surface area contributed by atoms with Crippen LogP contribution in [0.1, 0.15) is 18.5 Å². The maximum atomic E-state index is 12.8. The molecule has 0 fully saturated rings. The molecule has 1 aliphatic rings. The fourth-order valence-corrected chi connectivity index (χ4v) is 2.76. The van der Waals surface area contributed by atoms with Crippen LogP contribution in [0.15, 0.2) is 65.9 Å². The van der Waals surface area contributed by atoms with Gasteiger partial charge in [0.1, 0.15) is 5.75 Å². The van der Waals surface area contributed by atoms with Gasteiger partial charge in [-0.1, -0.05) is 30.3 Å². The molecule has 25 heavy (non-hydrogen) atoms. The summed E-state index contributed by atoms with van der Waals surface area (Å²) in [6, 6.07) is 15.6. The predicted octanol–water partition coefficient (Wildman–Crippen LogP) is 2.96. The van der Waals surface area contributed by atoms with Crippen LogP contribution in [0, 0.1) is 0 Å². The quantitative estimate of drug-likeness (QED) is 0.802. The smallest absolute Gasteiger partial charge is 0.319 e. The number of allylic oxidation sites excluding steroid dienone is 1. The summed E-state index contributed by atoms with van der Waals surface area (Å²) in [7, 11) is 1.59. The fourth-order valence-electron chi connectivity index (χ4n) is 2.76. The van der Waals surface area contributed by atoms with E-state index in [0.29, 0.717) is 22.7 Å². The Hall–Kier alpha value is -3.28. The zero-order valence-electron chi connectivity index (χ0n) is 14.0. The topological polar surface area (TPSA) is 79.5 Å². The Balaban J connectivity index is 1.93. The average molecular weight is 337 g/mol. The first-order valence-electron chi connectivity index (χ1n) is 7.87. The Morgan fingerprint density at radius 1 is 1.08 bits per heavy atom. The second kappa shape index (κ2) is 7.09. The lowest BCUT2D eigenvalue weighted by molar-refractivity contribution is -0.113. The number of nitrogens with one attached hydrogen (secondary N) is 3. The summed E-state index contributed by atoms with van der Waals surface area (Å²) in [6.07, 6.45) is 0. The van der Waals surface area contributed by atoms with Gasteiger partial charge in [-0.15, -0.1) is 0 Å². The van der Waals surface area contributed by atoms with Crippen LogP contribution in [0.2, 0.25) is 0 Å². The van der Waals surface area contributed by atoms with Gasteiger partial charge in [0.25, 0.3) is 5.91 Å². The molecule has 1 heterocycles. The molecule has 0 radical (unpaired) electrons. The van der Waals surface area contributed by atoms with Gasteiger partial charge >= 0.3 is 6.03 Å². The molecule has 2 aromatic rings. The highest BCUT2D eigenvalue weighted by molar-refractivity contribution is 6.06. The number of carbonyl (C=O) groups excluding carboxylic acids is 2. The van der Waals surface area contributed by atoms with E-state index in [-0.39, 0.29) is 11.9 Å². The van der Waals surface area contributed by atoms with E-state index in [9.17, 15) is 9.59 Å². The highest BCUT2D eigenvalue weighted by atomic mass is 16.5. The van der Waals surface area contributed by atoms with Crippen molar-refractivity contribution in [3.05, 3.63) is 71.4 Å². The third kappa shape index (κ3) is 3.63. The van der Waals surface area contributed by atoms with Crippen molar-refractivity contribution in [2.75, 3.05) is 12.4 Å². The molecule has 128 valence electrons. The Bertz CT molecular complexity index is 814. The Morgan fingerprint density at radius 2 is 1.76 bits per heavy atom. The number of para-hydroxylation sites is 1. The van der Waals surface area contributed by atoms with Gasteiger partial charge < -0.3 is 20.7 Å². The normalized spacial score (nSPS) is 16.7. The summed E-state index contributed by atoms with van der Waals surface area (Å²) in [5.74, 6) is 0.442. The number of rotatable bonds is 4. The number of anilines is 1. The van der Waals surface area contributed by atoms with E-state index < -0.39 is 6.04 Å². The average Bonchev–Trinajstić information content (AvgIpc) is 2.62. The molecule has 3 amide bonds. The van der Waals surface area contributed by atoms with E-state index in [0.717, 1.165) is 5.56 Å². The van der Waals surface area contributed by atoms with E-state index in [1.807, 2.05) is 42.5 Å². The standard InChI is InChI=1S/C19H19N3O3/c1-12-16(18(23)21-14-6-4-3-5-7-14)17(22-19(24)20-12)13-8-10-15(25-2)11-9-13/h3-11,17H,1-2H3,(H,21,23)(H2,20,22,24). The summed E-state index contributed by atoms with van der Waals surface area (Å²) in [4.78, 5) is 24.7. The molecule has 0 aromatic heterocycles. The van der Waals surface area contributed by atoms with Crippen molar-refractivity contribution in [2.45, 2.75) is 13.0 Å². The number of benzene rings is 2. The van der Waals surface area contributed by atoms with Gasteiger partial charge in [-0.25, -0.2) is 4.79 Å². The lowest BCUT2D eigenvalue weighted by atomic mass is 9.94. The number of ether oxygens (including phenoxy) is 1. The molecule has 0 saturated heterocycles. The SMILES string of the molecule is COc1ccc(C2NC(=O)NC(C)=C2C(=O)Nc2ccccc2)cc1. The van der Waals surface area contributed by atoms with Crippen LogP contribution in [0.25, 0.3) is 0 Å². The highest BCUT2D eigenvalue weighted by Gasteiger charge is 2.31. The Labute approximate surface area is 145 Å². The van der Waals surface area contributed by atoms with Crippen molar-refractivity contribution in [3.8, 4) is 5.75 Å². The zero-order chi connectivity index (χ0) is 17.8. The summed E-state index contributed by atoms with van der Waals surface area (Å²) < 4.78 is 5.16. The monoisotopic (exact) mass is 337 g/mol. The number of hydrogen-bond acceptors (Lipinski definition) is 3. The van der Waals surface area contributed by atoms with Crippen LogP contribution >= 0.6 is 0 Å².